The minimum Gasteiger partial charge on any atom is -0.352 e. The molecule has 2 aromatic carbocycles. The average Bonchev–Trinajstić information content (AvgIpc) is 3.33. The number of fused-ring (bicyclic) bond motifs is 1. The zero-order valence-electron chi connectivity index (χ0n) is 18.3. The molecule has 1 fully saturated rings. The van der Waals surface area contributed by atoms with Gasteiger partial charge in [0.15, 0.2) is 0 Å². The third-order valence-electron chi connectivity index (χ3n) is 5.87. The molecule has 1 amide bonds. The van der Waals surface area contributed by atoms with Gasteiger partial charge in [-0.1, -0.05) is 41.9 Å². The topological polar surface area (TPSA) is 75.4 Å². The van der Waals surface area contributed by atoms with Gasteiger partial charge in [0.1, 0.15) is 5.82 Å². The van der Waals surface area contributed by atoms with Crippen LogP contribution < -0.4 is 4.90 Å². The molecule has 1 aliphatic heterocycles. The van der Waals surface area contributed by atoms with Crippen LogP contribution >= 0.6 is 0 Å². The molecule has 0 atom stereocenters. The summed E-state index contributed by atoms with van der Waals surface area (Å²) in [5, 5.41) is 5.32. The van der Waals surface area contributed by atoms with Crippen molar-refractivity contribution in [1.82, 2.24) is 20.0 Å². The van der Waals surface area contributed by atoms with Crippen LogP contribution in [0.5, 0.6) is 0 Å². The molecule has 0 spiro atoms. The molecule has 3 heterocycles. The molecule has 4 aromatic rings. The first-order valence-electron chi connectivity index (χ1n) is 11.0. The fourth-order valence-corrected chi connectivity index (χ4v) is 4.11. The predicted molar refractivity (Wildman–Crippen MR) is 124 cm³/mol. The lowest BCUT2D eigenvalue weighted by Gasteiger charge is -2.36. The van der Waals surface area contributed by atoms with Gasteiger partial charge in [-0.15, -0.1) is 0 Å². The summed E-state index contributed by atoms with van der Waals surface area (Å²) in [4.78, 5) is 25.9. The molecule has 1 aliphatic rings. The van der Waals surface area contributed by atoms with Gasteiger partial charge in [0.2, 0.25) is 11.7 Å². The summed E-state index contributed by atoms with van der Waals surface area (Å²) in [7, 11) is 0. The maximum atomic E-state index is 12.1. The number of aromatic nitrogens is 3. The van der Waals surface area contributed by atoms with Crippen LogP contribution in [0.2, 0.25) is 0 Å². The highest BCUT2D eigenvalue weighted by atomic mass is 16.5. The van der Waals surface area contributed by atoms with E-state index in [4.69, 9.17) is 9.51 Å². The number of rotatable bonds is 4. The number of amides is 1. The Labute approximate surface area is 186 Å². The normalized spacial score (nSPS) is 14.2. The molecule has 0 aliphatic carbocycles. The highest BCUT2D eigenvalue weighted by Gasteiger charge is 2.25. The molecule has 7 heteroatoms. The fourth-order valence-electron chi connectivity index (χ4n) is 4.11. The van der Waals surface area contributed by atoms with Crippen LogP contribution in [0.25, 0.3) is 33.7 Å². The van der Waals surface area contributed by atoms with E-state index >= 15 is 0 Å². The summed E-state index contributed by atoms with van der Waals surface area (Å²) in [6.07, 6.45) is 0.532. The van der Waals surface area contributed by atoms with Crippen molar-refractivity contribution in [2.75, 3.05) is 31.1 Å². The van der Waals surface area contributed by atoms with Gasteiger partial charge < -0.3 is 14.3 Å². The molecule has 0 N–H and O–H groups in total. The largest absolute Gasteiger partial charge is 0.352 e. The Bertz CT molecular complexity index is 1260. The number of nitrogens with zero attached hydrogens (tertiary/aromatic N) is 5. The molecule has 5 rings (SSSR count). The van der Waals surface area contributed by atoms with E-state index in [1.807, 2.05) is 48.2 Å². The molecule has 0 unspecified atom stereocenters. The predicted octanol–water partition coefficient (Wildman–Crippen LogP) is 4.32. The first-order chi connectivity index (χ1) is 15.6. The van der Waals surface area contributed by atoms with Crippen molar-refractivity contribution in [3.63, 3.8) is 0 Å². The van der Waals surface area contributed by atoms with Gasteiger partial charge in [0.25, 0.3) is 5.89 Å². The van der Waals surface area contributed by atoms with Crippen LogP contribution in [-0.4, -0.2) is 52.1 Å². The van der Waals surface area contributed by atoms with E-state index in [0.29, 0.717) is 44.3 Å². The zero-order chi connectivity index (χ0) is 22.1. The first kappa shape index (κ1) is 20.2. The Hall–Kier alpha value is -3.74. The summed E-state index contributed by atoms with van der Waals surface area (Å²) in [5.41, 5.74) is 3.81. The number of hydrogen-bond donors (Lipinski definition) is 0. The third-order valence-corrected chi connectivity index (χ3v) is 5.87. The van der Waals surface area contributed by atoms with Crippen molar-refractivity contribution in [2.24, 2.45) is 0 Å². The maximum absolute atomic E-state index is 12.1. The first-order valence-corrected chi connectivity index (χ1v) is 11.0. The summed E-state index contributed by atoms with van der Waals surface area (Å²) in [6.45, 7) is 6.76. The molecule has 162 valence electrons. The quantitative estimate of drug-likeness (QED) is 0.483. The molecule has 7 nitrogen and oxygen atoms in total. The Morgan fingerprint density at radius 2 is 1.78 bits per heavy atom. The Balaban J connectivity index is 1.55. The lowest BCUT2D eigenvalue weighted by atomic mass is 10.1. The van der Waals surface area contributed by atoms with E-state index in [2.05, 4.69) is 40.2 Å². The van der Waals surface area contributed by atoms with Gasteiger partial charge in [-0.2, -0.15) is 4.98 Å². The molecule has 32 heavy (non-hydrogen) atoms. The molecule has 1 saturated heterocycles. The van der Waals surface area contributed by atoms with Gasteiger partial charge in [-0.3, -0.25) is 4.79 Å². The number of piperazine rings is 1. The molecule has 0 radical (unpaired) electrons. The van der Waals surface area contributed by atoms with Crippen molar-refractivity contribution in [3.8, 4) is 22.8 Å². The number of aryl methyl sites for hydroxylation is 1. The van der Waals surface area contributed by atoms with Gasteiger partial charge in [0.05, 0.1) is 11.1 Å². The second-order valence-corrected chi connectivity index (χ2v) is 8.07. The van der Waals surface area contributed by atoms with Crippen LogP contribution in [0.1, 0.15) is 18.9 Å². The number of anilines is 1. The van der Waals surface area contributed by atoms with E-state index in [0.717, 1.165) is 27.8 Å². The monoisotopic (exact) mass is 427 g/mol. The minimum absolute atomic E-state index is 0.192. The van der Waals surface area contributed by atoms with Gasteiger partial charge in [0, 0.05) is 43.5 Å². The van der Waals surface area contributed by atoms with E-state index < -0.39 is 0 Å². The average molecular weight is 428 g/mol. The number of carbonyl (C=O) groups excluding carboxylic acids is 1. The Morgan fingerprint density at radius 3 is 2.53 bits per heavy atom. The second-order valence-electron chi connectivity index (χ2n) is 8.07. The molecular formula is C25H25N5O2. The maximum Gasteiger partial charge on any atom is 0.258 e. The van der Waals surface area contributed by atoms with Crippen molar-refractivity contribution in [2.45, 2.75) is 20.3 Å². The van der Waals surface area contributed by atoms with Crippen LogP contribution in [0.4, 0.5) is 5.82 Å². The van der Waals surface area contributed by atoms with Crippen molar-refractivity contribution < 1.29 is 9.32 Å². The number of pyridine rings is 1. The summed E-state index contributed by atoms with van der Waals surface area (Å²) in [5.74, 6) is 2.01. The SMILES string of the molecule is CCC(=O)N1CCN(c2nc3ccc(C)cc3cc2-c2noc(-c3ccccc3)n2)CC1. The molecule has 0 bridgehead atoms. The van der Waals surface area contributed by atoms with E-state index in [1.165, 1.54) is 5.56 Å². The minimum atomic E-state index is 0.192. The smallest absolute Gasteiger partial charge is 0.258 e. The summed E-state index contributed by atoms with van der Waals surface area (Å²) in [6, 6.07) is 18.1. The van der Waals surface area contributed by atoms with Gasteiger partial charge in [-0.25, -0.2) is 4.98 Å². The summed E-state index contributed by atoms with van der Waals surface area (Å²) >= 11 is 0. The van der Waals surface area contributed by atoms with Crippen LogP contribution in [0, 0.1) is 6.92 Å². The Morgan fingerprint density at radius 1 is 1.00 bits per heavy atom. The highest BCUT2D eigenvalue weighted by Crippen LogP contribution is 2.33. The third kappa shape index (κ3) is 3.82. The van der Waals surface area contributed by atoms with E-state index in [-0.39, 0.29) is 5.91 Å². The van der Waals surface area contributed by atoms with Crippen molar-refractivity contribution in [3.05, 3.63) is 60.2 Å². The van der Waals surface area contributed by atoms with Gasteiger partial charge >= 0.3 is 0 Å². The zero-order valence-corrected chi connectivity index (χ0v) is 18.3. The lowest BCUT2D eigenvalue weighted by molar-refractivity contribution is -0.131. The fraction of sp³-hybridized carbons (Fsp3) is 0.280. The Kier molecular flexibility index (Phi) is 5.31. The number of hydrogen-bond acceptors (Lipinski definition) is 6. The molecule has 2 aromatic heterocycles. The van der Waals surface area contributed by atoms with Crippen molar-refractivity contribution >= 4 is 22.6 Å². The molecular weight excluding hydrogens is 402 g/mol. The van der Waals surface area contributed by atoms with E-state index in [1.54, 1.807) is 0 Å². The second kappa shape index (κ2) is 8.42. The van der Waals surface area contributed by atoms with Crippen LogP contribution in [0.15, 0.2) is 59.1 Å². The number of benzene rings is 2. The van der Waals surface area contributed by atoms with E-state index in [9.17, 15) is 4.79 Å². The standard InChI is InChI=1S/C25H25N5O2/c1-3-22(31)29-11-13-30(14-12-29)24-20(16-19-15-17(2)9-10-21(19)26-24)23-27-25(32-28-23)18-7-5-4-6-8-18/h4-10,15-16H,3,11-14H2,1-2H3. The number of carbonyl (C=O) groups is 1. The summed E-state index contributed by atoms with van der Waals surface area (Å²) < 4.78 is 5.59. The highest BCUT2D eigenvalue weighted by molar-refractivity contribution is 5.89. The van der Waals surface area contributed by atoms with Crippen molar-refractivity contribution in [1.29, 1.82) is 0 Å². The molecule has 0 saturated carbocycles. The van der Waals surface area contributed by atoms with Gasteiger partial charge in [-0.05, 0) is 37.3 Å². The lowest BCUT2D eigenvalue weighted by Crippen LogP contribution is -2.49. The van der Waals surface area contributed by atoms with Crippen LogP contribution in [-0.2, 0) is 4.79 Å². The van der Waals surface area contributed by atoms with Crippen LogP contribution in [0.3, 0.4) is 0 Å².